The van der Waals surface area contributed by atoms with Crippen molar-refractivity contribution in [1.82, 2.24) is 15.0 Å². The van der Waals surface area contributed by atoms with Crippen molar-refractivity contribution in [1.29, 1.82) is 0 Å². The number of nitrogens with zero attached hydrogens (tertiary/aromatic N) is 5. The molecule has 1 aliphatic heterocycles. The van der Waals surface area contributed by atoms with Gasteiger partial charge >= 0.3 is 0 Å². The molecule has 7 heteroatoms. The Labute approximate surface area is 131 Å². The quantitative estimate of drug-likeness (QED) is 0.770. The van der Waals surface area contributed by atoms with E-state index in [9.17, 15) is 0 Å². The molecule has 0 radical (unpaired) electrons. The smallest absolute Gasteiger partial charge is 0.231 e. The molecule has 0 amide bonds. The molecule has 1 saturated heterocycles. The van der Waals surface area contributed by atoms with Crippen molar-refractivity contribution in [3.05, 3.63) is 5.28 Å². The van der Waals surface area contributed by atoms with E-state index in [-0.39, 0.29) is 11.4 Å². The molecule has 0 N–H and O–H groups in total. The molecule has 0 spiro atoms. The fraction of sp³-hybridized carbons (Fsp3) is 0.786. The van der Waals surface area contributed by atoms with Crippen LogP contribution in [0.1, 0.15) is 33.6 Å². The largest absolute Gasteiger partial charge is 0.376 e. The van der Waals surface area contributed by atoms with Crippen LogP contribution in [0, 0.1) is 0 Å². The second kappa shape index (κ2) is 7.75. The van der Waals surface area contributed by atoms with Gasteiger partial charge in [0, 0.05) is 32.8 Å². The Hall–Kier alpha value is -1.14. The maximum atomic E-state index is 6.08. The van der Waals surface area contributed by atoms with Crippen LogP contribution >= 0.6 is 11.6 Å². The molecule has 0 aliphatic carbocycles. The van der Waals surface area contributed by atoms with Gasteiger partial charge in [-0.2, -0.15) is 15.0 Å². The molecule has 2 rings (SSSR count). The van der Waals surface area contributed by atoms with Crippen LogP contribution in [-0.4, -0.2) is 53.8 Å². The third kappa shape index (κ3) is 4.17. The van der Waals surface area contributed by atoms with Gasteiger partial charge in [0.05, 0.1) is 6.10 Å². The van der Waals surface area contributed by atoms with Gasteiger partial charge in [-0.3, -0.25) is 0 Å². The van der Waals surface area contributed by atoms with Crippen molar-refractivity contribution in [3.8, 4) is 0 Å². The Morgan fingerprint density at radius 2 is 1.67 bits per heavy atom. The molecule has 1 atom stereocenters. The molecular weight excluding hydrogens is 290 g/mol. The summed E-state index contributed by atoms with van der Waals surface area (Å²) in [4.78, 5) is 17.3. The summed E-state index contributed by atoms with van der Waals surface area (Å²) in [5.74, 6) is 1.27. The molecule has 1 aliphatic rings. The third-order valence-corrected chi connectivity index (χ3v) is 3.91. The molecule has 118 valence electrons. The third-order valence-electron chi connectivity index (χ3n) is 3.74. The van der Waals surface area contributed by atoms with E-state index >= 15 is 0 Å². The Morgan fingerprint density at radius 3 is 2.19 bits per heavy atom. The lowest BCUT2D eigenvalue weighted by Gasteiger charge is -2.25. The highest BCUT2D eigenvalue weighted by Gasteiger charge is 2.21. The van der Waals surface area contributed by atoms with E-state index in [1.54, 1.807) is 0 Å². The van der Waals surface area contributed by atoms with Crippen molar-refractivity contribution in [2.24, 2.45) is 0 Å². The molecule has 1 aromatic heterocycles. The highest BCUT2D eigenvalue weighted by Crippen LogP contribution is 2.19. The summed E-state index contributed by atoms with van der Waals surface area (Å²) in [6.07, 6.45) is 2.49. The first-order chi connectivity index (χ1) is 10.2. The minimum Gasteiger partial charge on any atom is -0.376 e. The van der Waals surface area contributed by atoms with Crippen LogP contribution in [-0.2, 0) is 4.74 Å². The second-order valence-corrected chi connectivity index (χ2v) is 5.39. The van der Waals surface area contributed by atoms with Gasteiger partial charge in [-0.15, -0.1) is 0 Å². The maximum absolute atomic E-state index is 6.08. The zero-order valence-electron chi connectivity index (χ0n) is 13.0. The van der Waals surface area contributed by atoms with E-state index in [2.05, 4.69) is 45.5 Å². The zero-order chi connectivity index (χ0) is 15.2. The first-order valence-corrected chi connectivity index (χ1v) is 8.08. The fourth-order valence-electron chi connectivity index (χ4n) is 2.51. The number of aromatic nitrogens is 3. The number of ether oxygens (including phenoxy) is 1. The fourth-order valence-corrected chi connectivity index (χ4v) is 2.66. The Bertz CT molecular complexity index is 449. The van der Waals surface area contributed by atoms with Crippen molar-refractivity contribution in [2.75, 3.05) is 42.6 Å². The van der Waals surface area contributed by atoms with Crippen LogP contribution in [0.3, 0.4) is 0 Å². The van der Waals surface area contributed by atoms with Crippen molar-refractivity contribution >= 4 is 23.5 Å². The SMILES string of the molecule is CCN(CC)c1nc(Cl)nc(N(CC)CC2CCCO2)n1. The van der Waals surface area contributed by atoms with Crippen molar-refractivity contribution in [2.45, 2.75) is 39.7 Å². The normalized spacial score (nSPS) is 18.0. The molecule has 2 heterocycles. The molecule has 1 aromatic rings. The maximum Gasteiger partial charge on any atom is 0.231 e. The second-order valence-electron chi connectivity index (χ2n) is 5.05. The first kappa shape index (κ1) is 16.2. The van der Waals surface area contributed by atoms with Gasteiger partial charge in [0.2, 0.25) is 17.2 Å². The standard InChI is InChI=1S/C14H24ClN5O/c1-4-19(5-2)13-16-12(15)17-14(18-13)20(6-3)10-11-8-7-9-21-11/h11H,4-10H2,1-3H3. The van der Waals surface area contributed by atoms with E-state index in [4.69, 9.17) is 16.3 Å². The number of hydrogen-bond donors (Lipinski definition) is 0. The van der Waals surface area contributed by atoms with Gasteiger partial charge < -0.3 is 14.5 Å². The Kier molecular flexibility index (Phi) is 5.99. The number of hydrogen-bond acceptors (Lipinski definition) is 6. The lowest BCUT2D eigenvalue weighted by molar-refractivity contribution is 0.115. The van der Waals surface area contributed by atoms with Gasteiger partial charge in [0.25, 0.3) is 0 Å². The molecule has 0 aromatic carbocycles. The lowest BCUT2D eigenvalue weighted by atomic mass is 10.2. The van der Waals surface area contributed by atoms with Gasteiger partial charge in [0.1, 0.15) is 0 Å². The molecule has 1 fully saturated rings. The van der Waals surface area contributed by atoms with E-state index in [0.29, 0.717) is 11.9 Å². The summed E-state index contributed by atoms with van der Waals surface area (Å²) in [6, 6.07) is 0. The summed E-state index contributed by atoms with van der Waals surface area (Å²) in [5.41, 5.74) is 0. The summed E-state index contributed by atoms with van der Waals surface area (Å²) < 4.78 is 5.70. The average Bonchev–Trinajstić information content (AvgIpc) is 2.98. The number of halogens is 1. The van der Waals surface area contributed by atoms with Gasteiger partial charge in [-0.25, -0.2) is 0 Å². The number of anilines is 2. The van der Waals surface area contributed by atoms with Crippen LogP contribution in [0.2, 0.25) is 5.28 Å². The molecular formula is C14H24ClN5O. The molecule has 21 heavy (non-hydrogen) atoms. The van der Waals surface area contributed by atoms with E-state index in [1.807, 2.05) is 0 Å². The van der Waals surface area contributed by atoms with E-state index < -0.39 is 0 Å². The predicted octanol–water partition coefficient (Wildman–Crippen LogP) is 2.38. The van der Waals surface area contributed by atoms with Gasteiger partial charge in [-0.1, -0.05) is 0 Å². The number of rotatable bonds is 7. The van der Waals surface area contributed by atoms with Crippen LogP contribution in [0.15, 0.2) is 0 Å². The van der Waals surface area contributed by atoms with Crippen LogP contribution in [0.4, 0.5) is 11.9 Å². The minimum absolute atomic E-state index is 0.243. The molecule has 1 unspecified atom stereocenters. The van der Waals surface area contributed by atoms with Gasteiger partial charge in [0.15, 0.2) is 0 Å². The zero-order valence-corrected chi connectivity index (χ0v) is 13.8. The Morgan fingerprint density at radius 1 is 1.05 bits per heavy atom. The lowest BCUT2D eigenvalue weighted by Crippen LogP contribution is -2.34. The highest BCUT2D eigenvalue weighted by atomic mass is 35.5. The summed E-state index contributed by atoms with van der Waals surface area (Å²) in [6.45, 7) is 10.4. The highest BCUT2D eigenvalue weighted by molar-refractivity contribution is 6.28. The average molecular weight is 314 g/mol. The summed E-state index contributed by atoms with van der Waals surface area (Å²) in [7, 11) is 0. The van der Waals surface area contributed by atoms with Gasteiger partial charge in [-0.05, 0) is 45.2 Å². The predicted molar refractivity (Wildman–Crippen MR) is 85.3 cm³/mol. The first-order valence-electron chi connectivity index (χ1n) is 7.70. The van der Waals surface area contributed by atoms with Crippen LogP contribution < -0.4 is 9.80 Å². The van der Waals surface area contributed by atoms with Crippen LogP contribution in [0.5, 0.6) is 0 Å². The minimum atomic E-state index is 0.243. The molecule has 0 saturated carbocycles. The monoisotopic (exact) mass is 313 g/mol. The molecule has 0 bridgehead atoms. The van der Waals surface area contributed by atoms with Crippen molar-refractivity contribution in [3.63, 3.8) is 0 Å². The topological polar surface area (TPSA) is 54.4 Å². The summed E-state index contributed by atoms with van der Waals surface area (Å²) in [5, 5.41) is 0.243. The van der Waals surface area contributed by atoms with Crippen molar-refractivity contribution < 1.29 is 4.74 Å². The van der Waals surface area contributed by atoms with E-state index in [0.717, 1.165) is 45.6 Å². The summed E-state index contributed by atoms with van der Waals surface area (Å²) >= 11 is 6.08. The van der Waals surface area contributed by atoms with E-state index in [1.165, 1.54) is 0 Å². The van der Waals surface area contributed by atoms with Crippen LogP contribution in [0.25, 0.3) is 0 Å². The number of likely N-dealkylation sites (N-methyl/N-ethyl adjacent to an activating group) is 1. The molecule has 6 nitrogen and oxygen atoms in total. The Balaban J connectivity index is 2.19.